The predicted molar refractivity (Wildman–Crippen MR) is 77.3 cm³/mol. The molecule has 3 heteroatoms. The zero-order valence-electron chi connectivity index (χ0n) is 11.5. The summed E-state index contributed by atoms with van der Waals surface area (Å²) >= 11 is 0. The van der Waals surface area contributed by atoms with E-state index < -0.39 is 0 Å². The maximum absolute atomic E-state index is 12.3. The molecule has 2 atom stereocenters. The molecule has 1 heterocycles. The van der Waals surface area contributed by atoms with Crippen LogP contribution in [0.4, 0.5) is 5.69 Å². The van der Waals surface area contributed by atoms with E-state index in [2.05, 4.69) is 29.7 Å². The molecule has 2 N–H and O–H groups in total. The van der Waals surface area contributed by atoms with E-state index in [-0.39, 0.29) is 11.9 Å². The van der Waals surface area contributed by atoms with Crippen molar-refractivity contribution in [1.82, 2.24) is 5.32 Å². The molecule has 3 rings (SSSR count). The number of fused-ring (bicyclic) bond motifs is 1. The molecule has 1 amide bonds. The lowest BCUT2D eigenvalue weighted by molar-refractivity contribution is -0.119. The number of benzene rings is 1. The van der Waals surface area contributed by atoms with Gasteiger partial charge in [-0.05, 0) is 67.8 Å². The Labute approximate surface area is 114 Å². The Kier molecular flexibility index (Phi) is 3.56. The van der Waals surface area contributed by atoms with E-state index >= 15 is 0 Å². The minimum atomic E-state index is -0.0398. The lowest BCUT2D eigenvalue weighted by Crippen LogP contribution is -2.48. The monoisotopic (exact) mass is 258 g/mol. The molecular formula is C16H22N2O. The second-order valence-corrected chi connectivity index (χ2v) is 5.88. The summed E-state index contributed by atoms with van der Waals surface area (Å²) in [5.74, 6) is 0.535. The number of anilines is 1. The first-order valence-corrected chi connectivity index (χ1v) is 7.40. The molecule has 1 saturated heterocycles. The van der Waals surface area contributed by atoms with E-state index in [0.717, 1.165) is 25.1 Å². The summed E-state index contributed by atoms with van der Waals surface area (Å²) in [6.45, 7) is 3.10. The molecular weight excluding hydrogens is 236 g/mol. The first-order chi connectivity index (χ1) is 9.24. The second-order valence-electron chi connectivity index (χ2n) is 5.88. The van der Waals surface area contributed by atoms with E-state index in [4.69, 9.17) is 0 Å². The molecule has 2 aliphatic rings. The number of rotatable bonds is 2. The molecule has 1 aliphatic heterocycles. The van der Waals surface area contributed by atoms with E-state index in [1.165, 1.54) is 30.4 Å². The van der Waals surface area contributed by atoms with Crippen LogP contribution in [-0.4, -0.2) is 18.5 Å². The largest absolute Gasteiger partial charge is 0.325 e. The number of nitrogens with one attached hydrogen (secondary N) is 2. The van der Waals surface area contributed by atoms with E-state index in [1.54, 1.807) is 0 Å². The number of hydrogen-bond acceptors (Lipinski definition) is 2. The number of aryl methyl sites for hydroxylation is 2. The number of hydrogen-bond donors (Lipinski definition) is 2. The first kappa shape index (κ1) is 12.7. The van der Waals surface area contributed by atoms with Gasteiger partial charge >= 0.3 is 0 Å². The average Bonchev–Trinajstić information content (AvgIpc) is 2.86. The highest BCUT2D eigenvalue weighted by molar-refractivity contribution is 5.95. The Balaban J connectivity index is 1.69. The molecule has 0 saturated carbocycles. The summed E-state index contributed by atoms with van der Waals surface area (Å²) in [6.07, 6.45) is 5.88. The van der Waals surface area contributed by atoms with Crippen molar-refractivity contribution >= 4 is 11.6 Å². The molecule has 3 nitrogen and oxygen atoms in total. The SMILES string of the molecule is CC1CCCNC1C(=O)Nc1ccc2c(c1)CCC2. The number of amides is 1. The molecule has 1 aliphatic carbocycles. The summed E-state index contributed by atoms with van der Waals surface area (Å²) in [5, 5.41) is 6.40. The van der Waals surface area contributed by atoms with Crippen LogP contribution in [0.1, 0.15) is 37.3 Å². The van der Waals surface area contributed by atoms with Crippen LogP contribution in [0.2, 0.25) is 0 Å². The zero-order valence-corrected chi connectivity index (χ0v) is 11.5. The third kappa shape index (κ3) is 2.66. The smallest absolute Gasteiger partial charge is 0.241 e. The van der Waals surface area contributed by atoms with Gasteiger partial charge in [-0.25, -0.2) is 0 Å². The fourth-order valence-corrected chi connectivity index (χ4v) is 3.27. The van der Waals surface area contributed by atoms with Crippen LogP contribution in [0.25, 0.3) is 0 Å². The van der Waals surface area contributed by atoms with Crippen molar-refractivity contribution in [1.29, 1.82) is 0 Å². The first-order valence-electron chi connectivity index (χ1n) is 7.40. The normalized spacial score (nSPS) is 25.9. The molecule has 0 radical (unpaired) electrons. The number of piperidine rings is 1. The molecule has 0 spiro atoms. The molecule has 2 unspecified atom stereocenters. The molecule has 1 aromatic carbocycles. The van der Waals surface area contributed by atoms with E-state index in [0.29, 0.717) is 5.92 Å². The molecule has 19 heavy (non-hydrogen) atoms. The van der Waals surface area contributed by atoms with Gasteiger partial charge in [-0.2, -0.15) is 0 Å². The summed E-state index contributed by atoms with van der Waals surface area (Å²) in [6, 6.07) is 6.31. The van der Waals surface area contributed by atoms with Crippen molar-refractivity contribution in [2.75, 3.05) is 11.9 Å². The van der Waals surface area contributed by atoms with Gasteiger partial charge in [0, 0.05) is 5.69 Å². The molecule has 0 bridgehead atoms. The highest BCUT2D eigenvalue weighted by Crippen LogP contribution is 2.25. The lowest BCUT2D eigenvalue weighted by Gasteiger charge is -2.29. The van der Waals surface area contributed by atoms with Gasteiger partial charge in [0.15, 0.2) is 0 Å². The Hall–Kier alpha value is -1.35. The lowest BCUT2D eigenvalue weighted by atomic mass is 9.92. The van der Waals surface area contributed by atoms with Crippen molar-refractivity contribution in [3.63, 3.8) is 0 Å². The summed E-state index contributed by atoms with van der Waals surface area (Å²) in [5.41, 5.74) is 3.80. The van der Waals surface area contributed by atoms with Crippen molar-refractivity contribution in [2.45, 2.75) is 45.1 Å². The maximum atomic E-state index is 12.3. The Morgan fingerprint density at radius 1 is 1.26 bits per heavy atom. The highest BCUT2D eigenvalue weighted by atomic mass is 16.2. The van der Waals surface area contributed by atoms with Gasteiger partial charge in [-0.1, -0.05) is 13.0 Å². The zero-order chi connectivity index (χ0) is 13.2. The molecule has 1 fully saturated rings. The minimum absolute atomic E-state index is 0.0398. The van der Waals surface area contributed by atoms with Gasteiger partial charge < -0.3 is 10.6 Å². The van der Waals surface area contributed by atoms with Gasteiger partial charge in [0.2, 0.25) is 5.91 Å². The molecule has 1 aromatic rings. The van der Waals surface area contributed by atoms with Crippen molar-refractivity contribution in [3.05, 3.63) is 29.3 Å². The Morgan fingerprint density at radius 3 is 2.95 bits per heavy atom. The van der Waals surface area contributed by atoms with Crippen LogP contribution in [0.5, 0.6) is 0 Å². The van der Waals surface area contributed by atoms with Crippen LogP contribution in [0.3, 0.4) is 0 Å². The van der Waals surface area contributed by atoms with Gasteiger partial charge in [0.1, 0.15) is 0 Å². The molecule has 102 valence electrons. The molecule has 0 aromatic heterocycles. The third-order valence-corrected chi connectivity index (χ3v) is 4.42. The number of carbonyl (C=O) groups is 1. The number of carbonyl (C=O) groups excluding carboxylic acids is 1. The summed E-state index contributed by atoms with van der Waals surface area (Å²) < 4.78 is 0. The van der Waals surface area contributed by atoms with Crippen molar-refractivity contribution < 1.29 is 4.79 Å². The Bertz CT molecular complexity index is 484. The van der Waals surface area contributed by atoms with Crippen molar-refractivity contribution in [2.24, 2.45) is 5.92 Å². The fraction of sp³-hybridized carbons (Fsp3) is 0.562. The fourth-order valence-electron chi connectivity index (χ4n) is 3.27. The van der Waals surface area contributed by atoms with E-state index in [1.807, 2.05) is 6.07 Å². The van der Waals surface area contributed by atoms with E-state index in [9.17, 15) is 4.79 Å². The highest BCUT2D eigenvalue weighted by Gasteiger charge is 2.27. The van der Waals surface area contributed by atoms with Gasteiger partial charge in [-0.15, -0.1) is 0 Å². The van der Waals surface area contributed by atoms with Crippen LogP contribution >= 0.6 is 0 Å². The topological polar surface area (TPSA) is 41.1 Å². The maximum Gasteiger partial charge on any atom is 0.241 e. The Morgan fingerprint density at radius 2 is 2.11 bits per heavy atom. The van der Waals surface area contributed by atoms with Crippen LogP contribution in [0, 0.1) is 5.92 Å². The van der Waals surface area contributed by atoms with Crippen LogP contribution < -0.4 is 10.6 Å². The van der Waals surface area contributed by atoms with Crippen molar-refractivity contribution in [3.8, 4) is 0 Å². The summed E-state index contributed by atoms with van der Waals surface area (Å²) in [4.78, 5) is 12.3. The third-order valence-electron chi connectivity index (χ3n) is 4.42. The van der Waals surface area contributed by atoms with Crippen LogP contribution in [-0.2, 0) is 17.6 Å². The average molecular weight is 258 g/mol. The van der Waals surface area contributed by atoms with Gasteiger partial charge in [0.05, 0.1) is 6.04 Å². The standard InChI is InChI=1S/C16H22N2O/c1-11-4-3-9-17-15(11)16(19)18-14-8-7-12-5-2-6-13(12)10-14/h7-8,10-11,15,17H,2-6,9H2,1H3,(H,18,19). The predicted octanol–water partition coefficient (Wildman–Crippen LogP) is 2.50. The summed E-state index contributed by atoms with van der Waals surface area (Å²) in [7, 11) is 0. The van der Waals surface area contributed by atoms with Crippen LogP contribution in [0.15, 0.2) is 18.2 Å². The van der Waals surface area contributed by atoms with Gasteiger partial charge in [-0.3, -0.25) is 4.79 Å². The van der Waals surface area contributed by atoms with Gasteiger partial charge in [0.25, 0.3) is 0 Å². The second kappa shape index (κ2) is 5.33. The minimum Gasteiger partial charge on any atom is -0.325 e. The quantitative estimate of drug-likeness (QED) is 0.855.